The summed E-state index contributed by atoms with van der Waals surface area (Å²) >= 11 is 1.96. The van der Waals surface area contributed by atoms with Gasteiger partial charge in [0.05, 0.1) is 5.69 Å². The average molecular weight is 482 g/mol. The zero-order chi connectivity index (χ0) is 24.1. The van der Waals surface area contributed by atoms with Crippen LogP contribution in [0.2, 0.25) is 0 Å². The highest BCUT2D eigenvalue weighted by molar-refractivity contribution is 7.99. The highest BCUT2D eigenvalue weighted by Gasteiger charge is 1.97. The van der Waals surface area contributed by atoms with Gasteiger partial charge in [-0.15, -0.1) is 11.8 Å². The third-order valence-corrected chi connectivity index (χ3v) is 7.46. The fourth-order valence-electron chi connectivity index (χ4n) is 4.18. The van der Waals surface area contributed by atoms with Gasteiger partial charge in [0.2, 0.25) is 0 Å². The molecule has 3 heteroatoms. The standard InChI is InChI=1S/C31H47NOS/c1-2-3-4-5-6-7-8-9-10-11-12-13-14-15-16-17-26-34-31-24-18-28(19-25-31)27-32-29-20-22-30(33)23-21-29/h18-25,27,33H,2-17,26H2,1H3. The number of aromatic hydroxyl groups is 1. The Morgan fingerprint density at radius 1 is 0.618 bits per heavy atom. The minimum absolute atomic E-state index is 0.268. The van der Waals surface area contributed by atoms with Gasteiger partial charge >= 0.3 is 0 Å². The number of nitrogens with zero attached hydrogens (tertiary/aromatic N) is 1. The van der Waals surface area contributed by atoms with Crippen LogP contribution in [0, 0.1) is 0 Å². The zero-order valence-electron chi connectivity index (χ0n) is 21.5. The summed E-state index contributed by atoms with van der Waals surface area (Å²) < 4.78 is 0. The van der Waals surface area contributed by atoms with E-state index in [0.29, 0.717) is 0 Å². The molecule has 0 spiro atoms. The number of hydrogen-bond acceptors (Lipinski definition) is 3. The normalized spacial score (nSPS) is 11.4. The van der Waals surface area contributed by atoms with Gasteiger partial charge in [0.1, 0.15) is 5.75 Å². The van der Waals surface area contributed by atoms with Crippen LogP contribution in [0.1, 0.15) is 115 Å². The summed E-state index contributed by atoms with van der Waals surface area (Å²) in [6.45, 7) is 2.29. The molecule has 0 fully saturated rings. The van der Waals surface area contributed by atoms with Crippen LogP contribution >= 0.6 is 11.8 Å². The number of hydrogen-bond donors (Lipinski definition) is 1. The quantitative estimate of drug-likeness (QED) is 0.116. The summed E-state index contributed by atoms with van der Waals surface area (Å²) in [5.74, 6) is 1.48. The highest BCUT2D eigenvalue weighted by Crippen LogP contribution is 2.21. The van der Waals surface area contributed by atoms with Crippen molar-refractivity contribution in [2.75, 3.05) is 5.75 Å². The van der Waals surface area contributed by atoms with Gasteiger partial charge < -0.3 is 5.11 Å². The maximum atomic E-state index is 9.33. The predicted octanol–water partition coefficient (Wildman–Crippen LogP) is 10.5. The molecule has 0 aliphatic rings. The molecule has 188 valence electrons. The van der Waals surface area contributed by atoms with E-state index in [1.807, 2.05) is 30.1 Å². The van der Waals surface area contributed by atoms with Gasteiger partial charge in [0.25, 0.3) is 0 Å². The van der Waals surface area contributed by atoms with Crippen molar-refractivity contribution in [1.29, 1.82) is 0 Å². The van der Waals surface area contributed by atoms with Crippen molar-refractivity contribution in [2.45, 2.75) is 115 Å². The second kappa shape index (κ2) is 19.6. The van der Waals surface area contributed by atoms with Crippen molar-refractivity contribution in [2.24, 2.45) is 4.99 Å². The van der Waals surface area contributed by atoms with Crippen LogP contribution in [0.15, 0.2) is 58.4 Å². The van der Waals surface area contributed by atoms with E-state index in [1.54, 1.807) is 12.1 Å². The van der Waals surface area contributed by atoms with E-state index in [4.69, 9.17) is 0 Å². The van der Waals surface area contributed by atoms with Crippen molar-refractivity contribution in [3.8, 4) is 5.75 Å². The summed E-state index contributed by atoms with van der Waals surface area (Å²) in [6, 6.07) is 15.6. The second-order valence-electron chi connectivity index (χ2n) is 9.50. The van der Waals surface area contributed by atoms with Crippen LogP contribution < -0.4 is 0 Å². The Morgan fingerprint density at radius 2 is 1.09 bits per heavy atom. The van der Waals surface area contributed by atoms with Gasteiger partial charge in [0, 0.05) is 11.1 Å². The first-order valence-electron chi connectivity index (χ1n) is 13.8. The molecule has 2 aromatic carbocycles. The topological polar surface area (TPSA) is 32.6 Å². The minimum atomic E-state index is 0.268. The molecule has 0 radical (unpaired) electrons. The molecule has 0 aliphatic carbocycles. The van der Waals surface area contributed by atoms with Crippen molar-refractivity contribution in [3.05, 3.63) is 54.1 Å². The van der Waals surface area contributed by atoms with E-state index in [0.717, 1.165) is 11.3 Å². The van der Waals surface area contributed by atoms with Gasteiger partial charge in [-0.25, -0.2) is 0 Å². The molecule has 0 atom stereocenters. The lowest BCUT2D eigenvalue weighted by Crippen LogP contribution is -1.85. The van der Waals surface area contributed by atoms with Crippen LogP contribution in [0.25, 0.3) is 0 Å². The monoisotopic (exact) mass is 481 g/mol. The van der Waals surface area contributed by atoms with Crippen LogP contribution in [0.3, 0.4) is 0 Å². The molecular weight excluding hydrogens is 434 g/mol. The number of phenolic OH excluding ortho intramolecular Hbond substituents is 1. The van der Waals surface area contributed by atoms with E-state index in [9.17, 15) is 5.11 Å². The maximum absolute atomic E-state index is 9.33. The van der Waals surface area contributed by atoms with Gasteiger partial charge in [-0.2, -0.15) is 0 Å². The third-order valence-electron chi connectivity index (χ3n) is 6.36. The SMILES string of the molecule is CCCCCCCCCCCCCCCCCCSc1ccc(C=Nc2ccc(O)cc2)cc1. The fourth-order valence-corrected chi connectivity index (χ4v) is 5.09. The van der Waals surface area contributed by atoms with Gasteiger partial charge in [-0.05, 0) is 54.1 Å². The lowest BCUT2D eigenvalue weighted by atomic mass is 10.0. The van der Waals surface area contributed by atoms with Gasteiger partial charge in [-0.3, -0.25) is 4.99 Å². The average Bonchev–Trinajstić information content (AvgIpc) is 2.86. The highest BCUT2D eigenvalue weighted by atomic mass is 32.2. The molecule has 0 aromatic heterocycles. The van der Waals surface area contributed by atoms with E-state index >= 15 is 0 Å². The molecule has 1 N–H and O–H groups in total. The summed E-state index contributed by atoms with van der Waals surface area (Å²) in [4.78, 5) is 5.79. The third kappa shape index (κ3) is 14.5. The number of benzene rings is 2. The van der Waals surface area contributed by atoms with Crippen LogP contribution in [-0.4, -0.2) is 17.1 Å². The number of rotatable bonds is 20. The predicted molar refractivity (Wildman–Crippen MR) is 152 cm³/mol. The lowest BCUT2D eigenvalue weighted by molar-refractivity contribution is 0.475. The van der Waals surface area contributed by atoms with Gasteiger partial charge in [-0.1, -0.05) is 115 Å². The Labute approximate surface area is 213 Å². The first kappa shape index (κ1) is 28.5. The number of phenols is 1. The van der Waals surface area contributed by atoms with Crippen molar-refractivity contribution in [3.63, 3.8) is 0 Å². The van der Waals surface area contributed by atoms with Gasteiger partial charge in [0.15, 0.2) is 0 Å². The molecule has 0 aliphatic heterocycles. The van der Waals surface area contributed by atoms with Crippen LogP contribution in [-0.2, 0) is 0 Å². The molecule has 0 amide bonds. The largest absolute Gasteiger partial charge is 0.508 e. The Bertz CT molecular complexity index is 754. The summed E-state index contributed by atoms with van der Waals surface area (Å²) in [6.07, 6.45) is 24.6. The van der Waals surface area contributed by atoms with Crippen molar-refractivity contribution in [1.82, 2.24) is 0 Å². The van der Waals surface area contributed by atoms with Crippen LogP contribution in [0.5, 0.6) is 5.75 Å². The smallest absolute Gasteiger partial charge is 0.115 e. The molecule has 0 bridgehead atoms. The number of thioether (sulfide) groups is 1. The lowest BCUT2D eigenvalue weighted by Gasteiger charge is -2.04. The Balaban J connectivity index is 1.39. The first-order valence-corrected chi connectivity index (χ1v) is 14.8. The van der Waals surface area contributed by atoms with E-state index in [-0.39, 0.29) is 5.75 Å². The summed E-state index contributed by atoms with van der Waals surface area (Å²) in [7, 11) is 0. The molecule has 34 heavy (non-hydrogen) atoms. The molecule has 2 rings (SSSR count). The minimum Gasteiger partial charge on any atom is -0.508 e. The molecule has 2 aromatic rings. The zero-order valence-corrected chi connectivity index (χ0v) is 22.3. The Hall–Kier alpha value is -1.74. The molecule has 0 heterocycles. The molecular formula is C31H47NOS. The van der Waals surface area contributed by atoms with Crippen molar-refractivity contribution < 1.29 is 5.11 Å². The molecule has 0 saturated heterocycles. The fraction of sp³-hybridized carbons (Fsp3) is 0.581. The Morgan fingerprint density at radius 3 is 1.59 bits per heavy atom. The molecule has 2 nitrogen and oxygen atoms in total. The summed E-state index contributed by atoms with van der Waals surface area (Å²) in [5, 5.41) is 9.33. The number of unbranched alkanes of at least 4 members (excludes halogenated alkanes) is 15. The molecule has 0 saturated carbocycles. The van der Waals surface area contributed by atoms with E-state index in [2.05, 4.69) is 36.2 Å². The molecule has 0 unspecified atom stereocenters. The van der Waals surface area contributed by atoms with E-state index < -0.39 is 0 Å². The van der Waals surface area contributed by atoms with E-state index in [1.165, 1.54) is 113 Å². The second-order valence-corrected chi connectivity index (χ2v) is 10.7. The first-order chi connectivity index (χ1) is 16.8. The Kier molecular flexibility index (Phi) is 16.4. The van der Waals surface area contributed by atoms with Crippen LogP contribution in [0.4, 0.5) is 5.69 Å². The number of aliphatic imine (C=N–C) groups is 1. The maximum Gasteiger partial charge on any atom is 0.115 e. The summed E-state index contributed by atoms with van der Waals surface area (Å²) in [5.41, 5.74) is 1.94. The van der Waals surface area contributed by atoms with Crippen molar-refractivity contribution >= 4 is 23.7 Å².